The van der Waals surface area contributed by atoms with E-state index in [-0.39, 0.29) is 11.2 Å². The predicted octanol–water partition coefficient (Wildman–Crippen LogP) is 4.21. The zero-order chi connectivity index (χ0) is 17.8. The zero-order valence-corrected chi connectivity index (χ0v) is 16.8. The molecule has 1 aliphatic rings. The van der Waals surface area contributed by atoms with Gasteiger partial charge in [0.25, 0.3) is 0 Å². The molecule has 2 aromatic heterocycles. The second-order valence-electron chi connectivity index (χ2n) is 6.52. The van der Waals surface area contributed by atoms with Crippen LogP contribution in [0.15, 0.2) is 22.7 Å². The van der Waals surface area contributed by atoms with Gasteiger partial charge in [0.2, 0.25) is 5.91 Å². The van der Waals surface area contributed by atoms with Crippen LogP contribution in [0.5, 0.6) is 0 Å². The summed E-state index contributed by atoms with van der Waals surface area (Å²) in [4.78, 5) is 16.1. The van der Waals surface area contributed by atoms with Gasteiger partial charge in [0.1, 0.15) is 0 Å². The summed E-state index contributed by atoms with van der Waals surface area (Å²) in [5.74, 6) is 1.08. The first-order chi connectivity index (χ1) is 12.1. The Labute approximate surface area is 157 Å². The molecule has 1 saturated carbocycles. The number of rotatable bonds is 6. The molecule has 136 valence electrons. The number of carbonyl (C=O) groups excluding carboxylic acids is 1. The standard InChI is InChI=1S/C18H26N4OS2/c1-4-22(14-9-6-5-7-10-14)17(23)13(2)25-18-20-19-16(21(18)3)15-11-8-12-24-15/h8,11-14H,4-7,9-10H2,1-3H3. The third-order valence-corrected chi connectivity index (χ3v) is 6.83. The predicted molar refractivity (Wildman–Crippen MR) is 104 cm³/mol. The summed E-state index contributed by atoms with van der Waals surface area (Å²) >= 11 is 3.16. The molecule has 25 heavy (non-hydrogen) atoms. The van der Waals surface area contributed by atoms with Crippen LogP contribution in [-0.2, 0) is 11.8 Å². The lowest BCUT2D eigenvalue weighted by Crippen LogP contribution is -2.44. The van der Waals surface area contributed by atoms with Gasteiger partial charge in [-0.2, -0.15) is 0 Å². The highest BCUT2D eigenvalue weighted by molar-refractivity contribution is 8.00. The molecular formula is C18H26N4OS2. The fraction of sp³-hybridized carbons (Fsp3) is 0.611. The van der Waals surface area contributed by atoms with Crippen molar-refractivity contribution in [1.29, 1.82) is 0 Å². The molecule has 7 heteroatoms. The zero-order valence-electron chi connectivity index (χ0n) is 15.1. The number of thioether (sulfide) groups is 1. The molecule has 0 radical (unpaired) electrons. The van der Waals surface area contributed by atoms with Gasteiger partial charge in [0.05, 0.1) is 10.1 Å². The number of amides is 1. The van der Waals surface area contributed by atoms with Crippen molar-refractivity contribution in [3.63, 3.8) is 0 Å². The molecule has 1 atom stereocenters. The highest BCUT2D eigenvalue weighted by atomic mass is 32.2. The van der Waals surface area contributed by atoms with E-state index in [1.807, 2.05) is 36.1 Å². The monoisotopic (exact) mass is 378 g/mol. The fourth-order valence-corrected chi connectivity index (χ4v) is 5.10. The summed E-state index contributed by atoms with van der Waals surface area (Å²) in [6.07, 6.45) is 6.07. The summed E-state index contributed by atoms with van der Waals surface area (Å²) in [6.45, 7) is 4.85. The Morgan fingerprint density at radius 1 is 1.40 bits per heavy atom. The molecule has 1 unspecified atom stereocenters. The normalized spacial score (nSPS) is 16.8. The molecular weight excluding hydrogens is 352 g/mol. The minimum atomic E-state index is -0.152. The number of hydrogen-bond acceptors (Lipinski definition) is 5. The highest BCUT2D eigenvalue weighted by Crippen LogP contribution is 2.30. The van der Waals surface area contributed by atoms with E-state index in [1.54, 1.807) is 11.3 Å². The topological polar surface area (TPSA) is 51.0 Å². The van der Waals surface area contributed by atoms with E-state index in [4.69, 9.17) is 0 Å². The van der Waals surface area contributed by atoms with Gasteiger partial charge in [-0.15, -0.1) is 21.5 Å². The highest BCUT2D eigenvalue weighted by Gasteiger charge is 2.29. The van der Waals surface area contributed by atoms with Gasteiger partial charge in [-0.3, -0.25) is 4.79 Å². The van der Waals surface area contributed by atoms with E-state index in [9.17, 15) is 4.79 Å². The van der Waals surface area contributed by atoms with Crippen LogP contribution >= 0.6 is 23.1 Å². The van der Waals surface area contributed by atoms with Crippen LogP contribution in [0.1, 0.15) is 46.0 Å². The largest absolute Gasteiger partial charge is 0.339 e. The summed E-state index contributed by atoms with van der Waals surface area (Å²) in [7, 11) is 1.97. The van der Waals surface area contributed by atoms with E-state index in [2.05, 4.69) is 22.0 Å². The Hall–Kier alpha value is -1.34. The van der Waals surface area contributed by atoms with Crippen molar-refractivity contribution in [3.8, 4) is 10.7 Å². The number of carbonyl (C=O) groups is 1. The summed E-state index contributed by atoms with van der Waals surface area (Å²) < 4.78 is 1.98. The van der Waals surface area contributed by atoms with Gasteiger partial charge in [0, 0.05) is 19.6 Å². The third-order valence-electron chi connectivity index (χ3n) is 4.85. The molecule has 2 aromatic rings. The van der Waals surface area contributed by atoms with Crippen LogP contribution < -0.4 is 0 Å². The lowest BCUT2D eigenvalue weighted by Gasteiger charge is -2.35. The van der Waals surface area contributed by atoms with Crippen LogP contribution in [0.25, 0.3) is 10.7 Å². The quantitative estimate of drug-likeness (QED) is 0.707. The SMILES string of the molecule is CCN(C(=O)C(C)Sc1nnc(-c2cccs2)n1C)C1CCCCC1. The Balaban J connectivity index is 1.68. The first kappa shape index (κ1) is 18.5. The average molecular weight is 379 g/mol. The second kappa shape index (κ2) is 8.36. The molecule has 0 bridgehead atoms. The third kappa shape index (κ3) is 4.08. The van der Waals surface area contributed by atoms with Crippen LogP contribution in [0.2, 0.25) is 0 Å². The second-order valence-corrected chi connectivity index (χ2v) is 8.77. The molecule has 1 fully saturated rings. The van der Waals surface area contributed by atoms with Crippen LogP contribution in [-0.4, -0.2) is 43.4 Å². The molecule has 3 rings (SSSR count). The van der Waals surface area contributed by atoms with Gasteiger partial charge in [-0.1, -0.05) is 37.1 Å². The fourth-order valence-electron chi connectivity index (χ4n) is 3.47. The summed E-state index contributed by atoms with van der Waals surface area (Å²) in [5.41, 5.74) is 0. The van der Waals surface area contributed by atoms with Gasteiger partial charge in [-0.05, 0) is 38.1 Å². The van der Waals surface area contributed by atoms with E-state index < -0.39 is 0 Å². The molecule has 1 aliphatic carbocycles. The molecule has 5 nitrogen and oxygen atoms in total. The maximum atomic E-state index is 13.0. The maximum Gasteiger partial charge on any atom is 0.236 e. The van der Waals surface area contributed by atoms with Crippen molar-refractivity contribution in [3.05, 3.63) is 17.5 Å². The number of nitrogens with zero attached hydrogens (tertiary/aromatic N) is 4. The Bertz CT molecular complexity index is 692. The van der Waals surface area contributed by atoms with Crippen molar-refractivity contribution < 1.29 is 4.79 Å². The molecule has 0 aliphatic heterocycles. The maximum absolute atomic E-state index is 13.0. The van der Waals surface area contributed by atoms with E-state index in [0.717, 1.165) is 35.2 Å². The summed E-state index contributed by atoms with van der Waals surface area (Å²) in [5, 5.41) is 11.3. The number of aromatic nitrogens is 3. The van der Waals surface area contributed by atoms with Crippen LogP contribution in [0, 0.1) is 0 Å². The van der Waals surface area contributed by atoms with Crippen molar-refractivity contribution in [2.45, 2.75) is 62.4 Å². The lowest BCUT2D eigenvalue weighted by molar-refractivity contribution is -0.133. The average Bonchev–Trinajstić information content (AvgIpc) is 3.27. The molecule has 0 aromatic carbocycles. The number of hydrogen-bond donors (Lipinski definition) is 0. The van der Waals surface area contributed by atoms with Crippen molar-refractivity contribution in [2.24, 2.45) is 7.05 Å². The lowest BCUT2D eigenvalue weighted by atomic mass is 9.94. The van der Waals surface area contributed by atoms with Crippen molar-refractivity contribution in [1.82, 2.24) is 19.7 Å². The van der Waals surface area contributed by atoms with Crippen molar-refractivity contribution >= 4 is 29.0 Å². The van der Waals surface area contributed by atoms with E-state index in [0.29, 0.717) is 6.04 Å². The molecule has 2 heterocycles. The van der Waals surface area contributed by atoms with E-state index in [1.165, 1.54) is 31.0 Å². The first-order valence-electron chi connectivity index (χ1n) is 9.02. The Kier molecular flexibility index (Phi) is 6.17. The van der Waals surface area contributed by atoms with Crippen LogP contribution in [0.3, 0.4) is 0 Å². The van der Waals surface area contributed by atoms with Gasteiger partial charge >= 0.3 is 0 Å². The molecule has 0 N–H and O–H groups in total. The smallest absolute Gasteiger partial charge is 0.236 e. The Morgan fingerprint density at radius 3 is 2.80 bits per heavy atom. The molecule has 1 amide bonds. The first-order valence-corrected chi connectivity index (χ1v) is 10.8. The van der Waals surface area contributed by atoms with Gasteiger partial charge < -0.3 is 9.47 Å². The Morgan fingerprint density at radius 2 is 2.16 bits per heavy atom. The van der Waals surface area contributed by atoms with Gasteiger partial charge in [0.15, 0.2) is 11.0 Å². The van der Waals surface area contributed by atoms with E-state index >= 15 is 0 Å². The molecule has 0 spiro atoms. The minimum Gasteiger partial charge on any atom is -0.339 e. The summed E-state index contributed by atoms with van der Waals surface area (Å²) in [6, 6.07) is 4.46. The van der Waals surface area contributed by atoms with Gasteiger partial charge in [-0.25, -0.2) is 0 Å². The van der Waals surface area contributed by atoms with Crippen molar-refractivity contribution in [2.75, 3.05) is 6.54 Å². The number of thiophene rings is 1. The molecule has 0 saturated heterocycles. The minimum absolute atomic E-state index is 0.152. The van der Waals surface area contributed by atoms with Crippen LogP contribution in [0.4, 0.5) is 0 Å².